The van der Waals surface area contributed by atoms with Gasteiger partial charge >= 0.3 is 0 Å². The Labute approximate surface area is 398 Å². The van der Waals surface area contributed by atoms with Crippen LogP contribution >= 0.6 is 0 Å². The molecule has 19 nitrogen and oxygen atoms in total. The largest absolute Gasteiger partial charge is 0.496 e. The number of hydrogen-bond donors (Lipinski definition) is 7. The molecule has 8 N–H and O–H groups in total. The van der Waals surface area contributed by atoms with Crippen LogP contribution in [0, 0.1) is 57.7 Å². The lowest BCUT2D eigenvalue weighted by Gasteiger charge is -2.31. The molecule has 6 aliphatic rings. The zero-order chi connectivity index (χ0) is 49.3. The molecule has 2 aliphatic carbocycles. The first-order valence-corrected chi connectivity index (χ1v) is 23.7. The number of nitriles is 1. The fraction of sp³-hybridized carbons (Fsp3) is 0.520. The van der Waals surface area contributed by atoms with E-state index < -0.39 is 36.0 Å². The summed E-state index contributed by atoms with van der Waals surface area (Å²) in [5.74, 6) is -1.08. The van der Waals surface area contributed by atoms with Gasteiger partial charge in [0, 0.05) is 59.8 Å². The zero-order valence-electron chi connectivity index (χ0n) is 39.6. The van der Waals surface area contributed by atoms with Crippen molar-refractivity contribution in [3.63, 3.8) is 0 Å². The third kappa shape index (κ3) is 8.37. The lowest BCUT2D eigenvalue weighted by Crippen LogP contribution is -2.55. The summed E-state index contributed by atoms with van der Waals surface area (Å²) in [6.45, 7) is 10.5. The minimum atomic E-state index is -0.980. The van der Waals surface area contributed by atoms with E-state index in [1.54, 1.807) is 36.2 Å². The minimum Gasteiger partial charge on any atom is -0.496 e. The van der Waals surface area contributed by atoms with Crippen LogP contribution in [-0.2, 0) is 24.0 Å². The molecule has 6 heterocycles. The van der Waals surface area contributed by atoms with Gasteiger partial charge < -0.3 is 56.2 Å². The van der Waals surface area contributed by atoms with E-state index in [0.29, 0.717) is 61.9 Å². The highest BCUT2D eigenvalue weighted by Gasteiger charge is 2.70. The second kappa shape index (κ2) is 17.8. The molecular weight excluding hydrogens is 885 g/mol. The topological polar surface area (TPSA) is 274 Å². The van der Waals surface area contributed by atoms with Crippen LogP contribution in [0.2, 0.25) is 0 Å². The number of rotatable bonds is 13. The van der Waals surface area contributed by atoms with Gasteiger partial charge in [0.05, 0.1) is 20.3 Å². The van der Waals surface area contributed by atoms with Crippen LogP contribution in [0.3, 0.4) is 0 Å². The van der Waals surface area contributed by atoms with Crippen LogP contribution < -0.4 is 36.5 Å². The third-order valence-electron chi connectivity index (χ3n) is 16.1. The van der Waals surface area contributed by atoms with Crippen LogP contribution in [0.1, 0.15) is 74.4 Å². The van der Waals surface area contributed by atoms with Crippen LogP contribution in [0.15, 0.2) is 48.5 Å². The summed E-state index contributed by atoms with van der Waals surface area (Å²) in [5.41, 5.74) is 7.77. The summed E-state index contributed by atoms with van der Waals surface area (Å²) in [7, 11) is 3.16. The quantitative estimate of drug-likeness (QED) is 0.103. The first-order valence-electron chi connectivity index (χ1n) is 23.7. The van der Waals surface area contributed by atoms with E-state index in [1.165, 1.54) is 0 Å². The Morgan fingerprint density at radius 1 is 0.739 bits per heavy atom. The summed E-state index contributed by atoms with van der Waals surface area (Å²) in [6, 6.07) is 13.6. The van der Waals surface area contributed by atoms with E-state index in [4.69, 9.17) is 15.2 Å². The van der Waals surface area contributed by atoms with Crippen LogP contribution in [0.5, 0.6) is 11.5 Å². The molecular formula is C50H60N10O9. The third-order valence-corrected chi connectivity index (χ3v) is 16.1. The highest BCUT2D eigenvalue weighted by molar-refractivity contribution is 6.04. The first kappa shape index (κ1) is 47.0. The number of ether oxygens (including phenoxy) is 2. The molecule has 10 rings (SSSR count). The van der Waals surface area contributed by atoms with Gasteiger partial charge in [-0.3, -0.25) is 33.6 Å². The molecule has 4 aromatic rings. The maximum atomic E-state index is 13.6. The van der Waals surface area contributed by atoms with Crippen molar-refractivity contribution in [2.45, 2.75) is 77.5 Å². The number of methoxy groups -OCH3 is 2. The van der Waals surface area contributed by atoms with Gasteiger partial charge in [0.1, 0.15) is 47.1 Å². The summed E-state index contributed by atoms with van der Waals surface area (Å²) in [4.78, 5) is 99.7. The van der Waals surface area contributed by atoms with E-state index in [-0.39, 0.29) is 88.7 Å². The predicted molar refractivity (Wildman–Crippen MR) is 251 cm³/mol. The Bertz CT molecular complexity index is 2810. The van der Waals surface area contributed by atoms with Crippen molar-refractivity contribution in [2.24, 2.45) is 52.1 Å². The van der Waals surface area contributed by atoms with Crippen molar-refractivity contribution >= 4 is 63.2 Å². The first-order chi connectivity index (χ1) is 32.9. The number of aromatic amines is 2. The number of amides is 7. The van der Waals surface area contributed by atoms with Gasteiger partial charge in [-0.2, -0.15) is 5.26 Å². The van der Waals surface area contributed by atoms with Gasteiger partial charge in [-0.05, 0) is 96.6 Å². The molecule has 7 amide bonds. The second-order valence-corrected chi connectivity index (χ2v) is 20.6. The molecule has 0 spiro atoms. The number of piperidine rings is 2. The van der Waals surface area contributed by atoms with E-state index in [0.717, 1.165) is 21.8 Å². The number of likely N-dealkylation sites (tertiary alicyclic amines) is 2. The van der Waals surface area contributed by atoms with E-state index in [1.807, 2.05) is 36.4 Å². The molecule has 2 aromatic carbocycles. The zero-order valence-corrected chi connectivity index (χ0v) is 39.6. The molecule has 2 aromatic heterocycles. The molecule has 2 saturated carbocycles. The Morgan fingerprint density at radius 2 is 1.19 bits per heavy atom. The van der Waals surface area contributed by atoms with Gasteiger partial charge in [-0.1, -0.05) is 39.8 Å². The van der Waals surface area contributed by atoms with Crippen molar-refractivity contribution in [3.8, 4) is 17.6 Å². The van der Waals surface area contributed by atoms with Gasteiger partial charge in [-0.25, -0.2) is 0 Å². The van der Waals surface area contributed by atoms with Gasteiger partial charge in [0.2, 0.25) is 29.5 Å². The number of H-pyrrole nitrogens is 2. The SMILES string of the molecule is COc1cccc2[nH]c(C(=O)N3C[C@H]4[C@@H]([C@H]3C(=O)N[C@@H](C[C@@H]3CCNC3=O)C(N)=O)C4(C)C)cc12.COc1cccc2[nH]c(C(=O)N3C[C@H]4[C@@H]([C@H]3C(=O)N[C@H](C#N)C[C@@H]3CCNC3=O)C4(C)C)cc12. The van der Waals surface area contributed by atoms with Gasteiger partial charge in [-0.15, -0.1) is 0 Å². The molecule has 0 unspecified atom stereocenters. The van der Waals surface area contributed by atoms with Crippen molar-refractivity contribution < 1.29 is 43.0 Å². The fourth-order valence-corrected chi connectivity index (χ4v) is 12.0. The molecule has 19 heteroatoms. The highest BCUT2D eigenvalue weighted by atomic mass is 16.5. The number of hydrogen-bond acceptors (Lipinski definition) is 10. The van der Waals surface area contributed by atoms with Crippen molar-refractivity contribution in [2.75, 3.05) is 40.4 Å². The molecule has 4 saturated heterocycles. The standard InChI is InChI=1S/C25H31N5O5.C25H29N5O4/c1-25(2)14-11-30(24(34)17-10-13-15(28-17)5-4-6-18(13)35-3)20(19(14)25)23(33)29-16(21(26)31)9-12-7-8-27-22(12)32;1-25(2)16-12-30(24(33)18-10-15-17(29-18)5-4-6-19(15)34-3)21(20(16)25)23(32)28-14(11-26)9-13-7-8-27-22(13)31/h4-6,10,12,14,16,19-20,28H,7-9,11H2,1-3H3,(H2,26,31)(H,27,32)(H,29,33);4-6,10,13-14,16,20-21,29H,7-9,12H2,1-3H3,(H,27,31)(H,28,32)/t12-,14-,16-,19-,20-;13-,14-,16-,20-,21-/m00/s1. The molecule has 0 bridgehead atoms. The van der Waals surface area contributed by atoms with Crippen molar-refractivity contribution in [3.05, 3.63) is 59.9 Å². The van der Waals surface area contributed by atoms with Crippen molar-refractivity contribution in [1.82, 2.24) is 41.0 Å². The Kier molecular flexibility index (Phi) is 12.1. The van der Waals surface area contributed by atoms with Gasteiger partial charge in [0.25, 0.3) is 11.8 Å². The Hall–Kier alpha value is -7.10. The maximum Gasteiger partial charge on any atom is 0.271 e. The number of nitrogens with one attached hydrogen (secondary N) is 6. The van der Waals surface area contributed by atoms with Crippen molar-refractivity contribution in [1.29, 1.82) is 5.26 Å². The average molecular weight is 945 g/mol. The van der Waals surface area contributed by atoms with E-state index in [9.17, 15) is 38.8 Å². The molecule has 4 aliphatic heterocycles. The molecule has 364 valence electrons. The van der Waals surface area contributed by atoms with E-state index in [2.05, 4.69) is 65.0 Å². The molecule has 0 radical (unpaired) electrons. The lowest BCUT2D eigenvalue weighted by molar-refractivity contribution is -0.131. The number of nitrogens with zero attached hydrogens (tertiary/aromatic N) is 3. The smallest absolute Gasteiger partial charge is 0.271 e. The minimum absolute atomic E-state index is 0.0197. The van der Waals surface area contributed by atoms with Crippen LogP contribution in [0.4, 0.5) is 0 Å². The second-order valence-electron chi connectivity index (χ2n) is 20.6. The molecule has 69 heavy (non-hydrogen) atoms. The summed E-state index contributed by atoms with van der Waals surface area (Å²) < 4.78 is 10.8. The normalized spacial score (nSPS) is 27.4. The molecule has 10 atom stereocenters. The number of carbonyl (C=O) groups is 7. The number of carbonyl (C=O) groups excluding carboxylic acids is 7. The number of nitrogens with two attached hydrogens (primary N) is 1. The Balaban J connectivity index is 0.000000172. The summed E-state index contributed by atoms with van der Waals surface area (Å²) in [5, 5.41) is 22.3. The highest BCUT2D eigenvalue weighted by Crippen LogP contribution is 2.66. The summed E-state index contributed by atoms with van der Waals surface area (Å²) >= 11 is 0. The van der Waals surface area contributed by atoms with E-state index >= 15 is 0 Å². The van der Waals surface area contributed by atoms with Crippen LogP contribution in [0.25, 0.3) is 21.8 Å². The number of benzene rings is 2. The fourth-order valence-electron chi connectivity index (χ4n) is 12.0. The monoisotopic (exact) mass is 944 g/mol. The predicted octanol–water partition coefficient (Wildman–Crippen LogP) is 2.58. The molecule has 6 fully saturated rings. The summed E-state index contributed by atoms with van der Waals surface area (Å²) in [6.07, 6.45) is 1.66. The number of fused-ring (bicyclic) bond motifs is 4. The lowest BCUT2D eigenvalue weighted by atomic mass is 9.96. The van der Waals surface area contributed by atoms with Gasteiger partial charge in [0.15, 0.2) is 0 Å². The number of primary amides is 1. The Morgan fingerprint density at radius 3 is 1.59 bits per heavy atom. The number of aromatic nitrogens is 2. The maximum absolute atomic E-state index is 13.6. The van der Waals surface area contributed by atoms with Crippen LogP contribution in [-0.4, -0.2) is 126 Å². The average Bonchev–Trinajstić information content (AvgIpc) is 4.01.